The van der Waals surface area contributed by atoms with Crippen LogP contribution in [0.1, 0.15) is 112 Å². The molecule has 0 aromatic rings. The molecule has 6 heteroatoms. The second kappa shape index (κ2) is 17.3. The standard InChI is InChI=1S/C37H62N2O4/c1-9-12-18-38(19-16-14-13-15-17-29(6)10-2)35(40)26-39-25-31(20-32(39)24-37(7,11-3)23-28(4)5)30-21-33(41-8)36-34(22-30)42-27-43-36/h11,22-23,29-32H,3,9-10,12-21,24-27H2,1-2,4-8H3/t29?,30-,31-,32-,37+/m1/s1. The SMILES string of the molecule is C=C[C@@](C)(C=C(C)C)C[C@H]1C[C@@H]([C@H]2C=C3OCOC3=C(OC)C2)CN1CC(=O)N(CCCC)CCCCCCC(C)CC. The van der Waals surface area contributed by atoms with Crippen LogP contribution in [0, 0.1) is 23.2 Å². The van der Waals surface area contributed by atoms with Crippen molar-refractivity contribution in [2.75, 3.05) is 40.1 Å². The van der Waals surface area contributed by atoms with Crippen LogP contribution in [0.4, 0.5) is 0 Å². The van der Waals surface area contributed by atoms with Crippen molar-refractivity contribution < 1.29 is 19.0 Å². The van der Waals surface area contributed by atoms with Gasteiger partial charge >= 0.3 is 0 Å². The molecule has 43 heavy (non-hydrogen) atoms. The average molecular weight is 599 g/mol. The molecular formula is C37H62N2O4. The summed E-state index contributed by atoms with van der Waals surface area (Å²) in [6.07, 6.45) is 19.1. The Hall–Kier alpha value is -2.21. The van der Waals surface area contributed by atoms with Gasteiger partial charge in [-0.15, -0.1) is 6.58 Å². The summed E-state index contributed by atoms with van der Waals surface area (Å²) in [6, 6.07) is 0.302. The van der Waals surface area contributed by atoms with E-state index in [0.717, 1.165) is 81.4 Å². The van der Waals surface area contributed by atoms with Gasteiger partial charge in [0, 0.05) is 37.5 Å². The van der Waals surface area contributed by atoms with Gasteiger partial charge in [-0.1, -0.05) is 83.9 Å². The highest BCUT2D eigenvalue weighted by Gasteiger charge is 2.42. The summed E-state index contributed by atoms with van der Waals surface area (Å²) in [6.45, 7) is 21.0. The third kappa shape index (κ3) is 10.4. The first kappa shape index (κ1) is 35.3. The van der Waals surface area contributed by atoms with Crippen LogP contribution in [0.5, 0.6) is 0 Å². The first-order valence-corrected chi connectivity index (χ1v) is 17.2. The van der Waals surface area contributed by atoms with Crippen molar-refractivity contribution in [3.63, 3.8) is 0 Å². The summed E-state index contributed by atoms with van der Waals surface area (Å²) in [4.78, 5) is 18.6. The lowest BCUT2D eigenvalue weighted by Crippen LogP contribution is -2.44. The van der Waals surface area contributed by atoms with Gasteiger partial charge in [0.15, 0.2) is 5.76 Å². The van der Waals surface area contributed by atoms with Gasteiger partial charge in [-0.3, -0.25) is 9.69 Å². The lowest BCUT2D eigenvalue weighted by atomic mass is 9.79. The quantitative estimate of drug-likeness (QED) is 0.110. The summed E-state index contributed by atoms with van der Waals surface area (Å²) < 4.78 is 17.2. The minimum absolute atomic E-state index is 0.116. The fourth-order valence-electron chi connectivity index (χ4n) is 7.11. The van der Waals surface area contributed by atoms with Gasteiger partial charge in [0.2, 0.25) is 18.5 Å². The fourth-order valence-corrected chi connectivity index (χ4v) is 7.11. The molecule has 6 nitrogen and oxygen atoms in total. The van der Waals surface area contributed by atoms with E-state index in [9.17, 15) is 4.79 Å². The Morgan fingerprint density at radius 2 is 1.93 bits per heavy atom. The van der Waals surface area contributed by atoms with Crippen molar-refractivity contribution in [1.82, 2.24) is 9.80 Å². The summed E-state index contributed by atoms with van der Waals surface area (Å²) in [7, 11) is 1.72. The zero-order valence-corrected chi connectivity index (χ0v) is 28.6. The molecule has 0 saturated carbocycles. The average Bonchev–Trinajstić information content (AvgIpc) is 3.62. The molecule has 0 bridgehead atoms. The Bertz CT molecular complexity index is 997. The molecule has 2 heterocycles. The molecular weight excluding hydrogens is 536 g/mol. The number of nitrogens with zero attached hydrogens (tertiary/aromatic N) is 2. The van der Waals surface area contributed by atoms with E-state index in [1.54, 1.807) is 7.11 Å². The molecule has 2 saturated heterocycles. The van der Waals surface area contributed by atoms with E-state index in [1.165, 1.54) is 37.7 Å². The Balaban J connectivity index is 1.71. The monoisotopic (exact) mass is 598 g/mol. The van der Waals surface area contributed by atoms with E-state index in [1.807, 2.05) is 0 Å². The molecule has 0 aromatic heterocycles. The van der Waals surface area contributed by atoms with Gasteiger partial charge in [0.05, 0.1) is 13.7 Å². The van der Waals surface area contributed by atoms with E-state index in [-0.39, 0.29) is 18.1 Å². The molecule has 0 aromatic carbocycles. The zero-order chi connectivity index (χ0) is 31.4. The Morgan fingerprint density at radius 1 is 1.19 bits per heavy atom. The van der Waals surface area contributed by atoms with Crippen LogP contribution < -0.4 is 0 Å². The Labute approximate surface area is 263 Å². The maximum atomic E-state index is 13.9. The molecule has 2 fully saturated rings. The lowest BCUT2D eigenvalue weighted by Gasteiger charge is -2.33. The van der Waals surface area contributed by atoms with Crippen molar-refractivity contribution in [2.24, 2.45) is 23.2 Å². The maximum Gasteiger partial charge on any atom is 0.236 e. The second-order valence-corrected chi connectivity index (χ2v) is 13.9. The maximum absolute atomic E-state index is 13.9. The molecule has 3 rings (SSSR count). The number of allylic oxidation sites excluding steroid dienone is 5. The smallest absolute Gasteiger partial charge is 0.236 e. The largest absolute Gasteiger partial charge is 0.497 e. The predicted molar refractivity (Wildman–Crippen MR) is 177 cm³/mol. The third-order valence-electron chi connectivity index (χ3n) is 9.90. The molecule has 0 radical (unpaired) electrons. The predicted octanol–water partition coefficient (Wildman–Crippen LogP) is 8.62. The molecule has 5 atom stereocenters. The summed E-state index contributed by atoms with van der Waals surface area (Å²) in [5, 5.41) is 0. The number of hydrogen-bond donors (Lipinski definition) is 0. The van der Waals surface area contributed by atoms with Gasteiger partial charge in [-0.25, -0.2) is 0 Å². The van der Waals surface area contributed by atoms with Crippen LogP contribution in [0.25, 0.3) is 0 Å². The van der Waals surface area contributed by atoms with Crippen LogP contribution in [0.2, 0.25) is 0 Å². The van der Waals surface area contributed by atoms with Gasteiger partial charge in [-0.05, 0) is 63.4 Å². The minimum Gasteiger partial charge on any atom is -0.497 e. The van der Waals surface area contributed by atoms with Gasteiger partial charge in [0.25, 0.3) is 0 Å². The number of fused-ring (bicyclic) bond motifs is 1. The van der Waals surface area contributed by atoms with Gasteiger partial charge in [0.1, 0.15) is 5.76 Å². The second-order valence-electron chi connectivity index (χ2n) is 13.9. The molecule has 3 aliphatic rings. The van der Waals surface area contributed by atoms with Crippen molar-refractivity contribution in [3.05, 3.63) is 47.7 Å². The number of carbonyl (C=O) groups excluding carboxylic acids is 1. The number of likely N-dealkylation sites (tertiary alicyclic amines) is 1. The van der Waals surface area contributed by atoms with E-state index < -0.39 is 0 Å². The molecule has 1 amide bonds. The first-order valence-electron chi connectivity index (χ1n) is 17.2. The number of rotatable bonds is 19. The normalized spacial score (nSPS) is 23.9. The number of amides is 1. The van der Waals surface area contributed by atoms with Gasteiger partial charge in [-0.2, -0.15) is 0 Å². The van der Waals surface area contributed by atoms with Crippen LogP contribution in [-0.2, 0) is 19.0 Å². The molecule has 2 aliphatic heterocycles. The van der Waals surface area contributed by atoms with E-state index in [2.05, 4.69) is 76.1 Å². The molecule has 0 spiro atoms. The summed E-state index contributed by atoms with van der Waals surface area (Å²) in [5.74, 6) is 4.27. The van der Waals surface area contributed by atoms with E-state index in [0.29, 0.717) is 24.4 Å². The summed E-state index contributed by atoms with van der Waals surface area (Å²) in [5.41, 5.74) is 1.18. The molecule has 1 aliphatic carbocycles. The van der Waals surface area contributed by atoms with Crippen molar-refractivity contribution >= 4 is 5.91 Å². The van der Waals surface area contributed by atoms with E-state index in [4.69, 9.17) is 14.2 Å². The number of carbonyl (C=O) groups is 1. The molecule has 244 valence electrons. The summed E-state index contributed by atoms with van der Waals surface area (Å²) >= 11 is 0. The number of hydrogen-bond acceptors (Lipinski definition) is 5. The van der Waals surface area contributed by atoms with Crippen LogP contribution >= 0.6 is 0 Å². The zero-order valence-electron chi connectivity index (χ0n) is 28.6. The number of unbranched alkanes of at least 4 members (excludes halogenated alkanes) is 4. The van der Waals surface area contributed by atoms with Crippen LogP contribution in [-0.4, -0.2) is 61.8 Å². The molecule has 1 unspecified atom stereocenters. The Morgan fingerprint density at radius 3 is 2.60 bits per heavy atom. The Kier molecular flexibility index (Phi) is 14.2. The minimum atomic E-state index is -0.116. The van der Waals surface area contributed by atoms with Crippen molar-refractivity contribution in [1.29, 1.82) is 0 Å². The van der Waals surface area contributed by atoms with Crippen molar-refractivity contribution in [3.8, 4) is 0 Å². The van der Waals surface area contributed by atoms with Crippen LogP contribution in [0.3, 0.4) is 0 Å². The van der Waals surface area contributed by atoms with Gasteiger partial charge < -0.3 is 19.1 Å². The topological polar surface area (TPSA) is 51.2 Å². The highest BCUT2D eigenvalue weighted by molar-refractivity contribution is 5.78. The number of methoxy groups -OCH3 is 1. The van der Waals surface area contributed by atoms with Crippen molar-refractivity contribution in [2.45, 2.75) is 118 Å². The highest BCUT2D eigenvalue weighted by atomic mass is 16.7. The molecule has 0 N–H and O–H groups in total. The first-order chi connectivity index (χ1) is 20.6. The third-order valence-corrected chi connectivity index (χ3v) is 9.90. The number of ether oxygens (including phenoxy) is 3. The highest BCUT2D eigenvalue weighted by Crippen LogP contribution is 2.43. The van der Waals surface area contributed by atoms with E-state index >= 15 is 0 Å². The fraction of sp³-hybridized carbons (Fsp3) is 0.757. The lowest BCUT2D eigenvalue weighted by molar-refractivity contribution is -0.133. The van der Waals surface area contributed by atoms with Crippen LogP contribution in [0.15, 0.2) is 47.7 Å².